The van der Waals surface area contributed by atoms with Gasteiger partial charge in [0, 0.05) is 77.1 Å². The van der Waals surface area contributed by atoms with Gasteiger partial charge in [-0.15, -0.1) is 0 Å². The number of aromatic nitrogens is 1. The largest absolute Gasteiger partial charge is 0.493 e. The Hall–Kier alpha value is -2.22. The van der Waals surface area contributed by atoms with Crippen LogP contribution in [0, 0.1) is 0 Å². The van der Waals surface area contributed by atoms with E-state index in [0.717, 1.165) is 81.4 Å². The number of hydrogen-bond donors (Lipinski definition) is 2. The van der Waals surface area contributed by atoms with Gasteiger partial charge >= 0.3 is 0 Å². The number of likely N-dealkylation sites (N-methyl/N-ethyl adjacent to an activating group) is 1. The summed E-state index contributed by atoms with van der Waals surface area (Å²) in [6.07, 6.45) is 5.22. The van der Waals surface area contributed by atoms with E-state index < -0.39 is 0 Å². The van der Waals surface area contributed by atoms with Gasteiger partial charge in [-0.25, -0.2) is 0 Å². The first-order valence-corrected chi connectivity index (χ1v) is 14.1. The molecule has 0 atom stereocenters. The Morgan fingerprint density at radius 1 is 0.972 bits per heavy atom. The average Bonchev–Trinajstić information content (AvgIpc) is 3.30. The quantitative estimate of drug-likeness (QED) is 0.181. The maximum Gasteiger partial charge on any atom is 0.127 e. The van der Waals surface area contributed by atoms with E-state index in [1.54, 1.807) is 11.9 Å². The lowest BCUT2D eigenvalue weighted by Gasteiger charge is -2.32. The van der Waals surface area contributed by atoms with Gasteiger partial charge in [-0.3, -0.25) is 4.72 Å². The van der Waals surface area contributed by atoms with Crippen molar-refractivity contribution in [2.24, 2.45) is 0 Å². The number of aryl methyl sites for hydroxylation is 1. The van der Waals surface area contributed by atoms with Gasteiger partial charge in [-0.2, -0.15) is 0 Å². The van der Waals surface area contributed by atoms with Crippen LogP contribution in [0.3, 0.4) is 0 Å². The van der Waals surface area contributed by atoms with Crippen LogP contribution in [-0.4, -0.2) is 67.7 Å². The van der Waals surface area contributed by atoms with Gasteiger partial charge in [-0.1, -0.05) is 35.9 Å². The Kier molecular flexibility index (Phi) is 8.72. The number of hydrogen-bond acceptors (Lipinski definition) is 5. The van der Waals surface area contributed by atoms with Crippen molar-refractivity contribution in [2.75, 3.05) is 52.9 Å². The molecule has 0 bridgehead atoms. The van der Waals surface area contributed by atoms with Gasteiger partial charge < -0.3 is 19.5 Å². The number of nitrogens with zero attached hydrogens (tertiary/aromatic N) is 2. The van der Waals surface area contributed by atoms with Crippen molar-refractivity contribution in [2.45, 2.75) is 24.2 Å². The number of aromatic amines is 1. The number of halogens is 1. The molecule has 2 N–H and O–H groups in total. The molecule has 0 aliphatic carbocycles. The van der Waals surface area contributed by atoms with E-state index in [-0.39, 0.29) is 0 Å². The maximum absolute atomic E-state index is 6.24. The van der Waals surface area contributed by atoms with Gasteiger partial charge in [0.05, 0.1) is 6.61 Å². The Balaban J connectivity index is 1.11. The van der Waals surface area contributed by atoms with Gasteiger partial charge in [-0.05, 0) is 74.2 Å². The highest BCUT2D eigenvalue weighted by molar-refractivity contribution is 7.97. The van der Waals surface area contributed by atoms with E-state index >= 15 is 0 Å². The summed E-state index contributed by atoms with van der Waals surface area (Å²) in [4.78, 5) is 9.51. The molecule has 7 heteroatoms. The van der Waals surface area contributed by atoms with Crippen LogP contribution >= 0.6 is 23.5 Å². The topological polar surface area (TPSA) is 43.5 Å². The van der Waals surface area contributed by atoms with Crippen LogP contribution in [0.25, 0.3) is 21.7 Å². The molecule has 0 amide bonds. The summed E-state index contributed by atoms with van der Waals surface area (Å²) in [5.74, 6) is 0.978. The number of rotatable bonds is 11. The number of benzene rings is 3. The fourth-order valence-electron chi connectivity index (χ4n) is 4.84. The molecule has 1 saturated heterocycles. The third-order valence-electron chi connectivity index (χ3n) is 6.95. The minimum Gasteiger partial charge on any atom is -0.493 e. The second-order valence-corrected chi connectivity index (χ2v) is 10.9. The smallest absolute Gasteiger partial charge is 0.127 e. The zero-order valence-electron chi connectivity index (χ0n) is 20.9. The van der Waals surface area contributed by atoms with Crippen molar-refractivity contribution < 1.29 is 4.74 Å². The van der Waals surface area contributed by atoms with Gasteiger partial charge in [0.25, 0.3) is 0 Å². The molecule has 190 valence electrons. The van der Waals surface area contributed by atoms with Crippen LogP contribution in [0.2, 0.25) is 5.02 Å². The molecule has 0 spiro atoms. The molecule has 1 aromatic heterocycles. The summed E-state index contributed by atoms with van der Waals surface area (Å²) in [7, 11) is 2.20. The second-order valence-electron chi connectivity index (χ2n) is 9.56. The molecule has 0 unspecified atom stereocenters. The summed E-state index contributed by atoms with van der Waals surface area (Å²) in [5, 5.41) is 4.42. The van der Waals surface area contributed by atoms with Crippen LogP contribution in [0.1, 0.15) is 18.4 Å². The van der Waals surface area contributed by atoms with Crippen molar-refractivity contribution in [1.29, 1.82) is 0 Å². The molecule has 3 aromatic carbocycles. The van der Waals surface area contributed by atoms with Crippen molar-refractivity contribution in [1.82, 2.24) is 19.5 Å². The molecule has 1 aliphatic heterocycles. The lowest BCUT2D eigenvalue weighted by molar-refractivity contribution is 0.145. The van der Waals surface area contributed by atoms with Crippen LogP contribution in [0.15, 0.2) is 65.7 Å². The highest BCUT2D eigenvalue weighted by Crippen LogP contribution is 2.33. The molecule has 1 aliphatic rings. The van der Waals surface area contributed by atoms with E-state index in [9.17, 15) is 0 Å². The molecule has 1 fully saturated rings. The highest BCUT2D eigenvalue weighted by atomic mass is 35.5. The summed E-state index contributed by atoms with van der Waals surface area (Å²) in [6, 6.07) is 18.9. The fourth-order valence-corrected chi connectivity index (χ4v) is 5.84. The molecule has 0 radical (unpaired) electrons. The summed E-state index contributed by atoms with van der Waals surface area (Å²) >= 11 is 7.89. The predicted octanol–water partition coefficient (Wildman–Crippen LogP) is 6.22. The Morgan fingerprint density at radius 3 is 2.67 bits per heavy atom. The minimum absolute atomic E-state index is 0.750. The molecule has 2 heterocycles. The standard InChI is InChI=1S/C29H35ClN4OS/c1-33-15-17-34(18-16-33)14-5-19-35-28-11-12-29(25-8-3-2-7-24(25)28)36-32-13-4-6-22-21-31-27-10-9-23(30)20-26(22)27/h2-3,7-12,20-21,31-32H,4-6,13-19H2,1H3. The lowest BCUT2D eigenvalue weighted by Crippen LogP contribution is -2.44. The fraction of sp³-hybridized carbons (Fsp3) is 0.379. The second kappa shape index (κ2) is 12.3. The third kappa shape index (κ3) is 6.36. The maximum atomic E-state index is 6.24. The van der Waals surface area contributed by atoms with E-state index in [2.05, 4.69) is 69.1 Å². The van der Waals surface area contributed by atoms with Crippen molar-refractivity contribution >= 4 is 45.2 Å². The van der Waals surface area contributed by atoms with Gasteiger partial charge in [0.15, 0.2) is 0 Å². The zero-order valence-corrected chi connectivity index (χ0v) is 22.5. The number of ether oxygens (including phenoxy) is 1. The summed E-state index contributed by atoms with van der Waals surface area (Å²) in [6.45, 7) is 7.43. The molecule has 36 heavy (non-hydrogen) atoms. The number of H-pyrrole nitrogens is 1. The van der Waals surface area contributed by atoms with Crippen molar-refractivity contribution in [3.63, 3.8) is 0 Å². The molecule has 4 aromatic rings. The molecular formula is C29H35ClN4OS. The zero-order chi connectivity index (χ0) is 24.7. The molecule has 0 saturated carbocycles. The molecular weight excluding hydrogens is 488 g/mol. The van der Waals surface area contributed by atoms with Crippen LogP contribution in [-0.2, 0) is 6.42 Å². The first-order chi connectivity index (χ1) is 17.7. The normalized spacial score (nSPS) is 15.2. The third-order valence-corrected chi connectivity index (χ3v) is 8.11. The predicted molar refractivity (Wildman–Crippen MR) is 153 cm³/mol. The van der Waals surface area contributed by atoms with Crippen molar-refractivity contribution in [3.8, 4) is 5.75 Å². The number of fused-ring (bicyclic) bond motifs is 2. The Morgan fingerprint density at radius 2 is 1.81 bits per heavy atom. The Labute approximate surface area is 223 Å². The molecule has 5 nitrogen and oxygen atoms in total. The summed E-state index contributed by atoms with van der Waals surface area (Å²) in [5.41, 5.74) is 2.46. The monoisotopic (exact) mass is 522 g/mol. The number of piperazine rings is 1. The van der Waals surface area contributed by atoms with E-state index in [1.807, 2.05) is 18.2 Å². The summed E-state index contributed by atoms with van der Waals surface area (Å²) < 4.78 is 9.79. The van der Waals surface area contributed by atoms with Crippen LogP contribution in [0.5, 0.6) is 5.75 Å². The lowest BCUT2D eigenvalue weighted by atomic mass is 10.1. The average molecular weight is 523 g/mol. The number of nitrogens with one attached hydrogen (secondary N) is 2. The van der Waals surface area contributed by atoms with Crippen LogP contribution < -0.4 is 9.46 Å². The Bertz CT molecular complexity index is 1280. The first-order valence-electron chi connectivity index (χ1n) is 12.9. The molecule has 5 rings (SSSR count). The van der Waals surface area contributed by atoms with Crippen molar-refractivity contribution in [3.05, 3.63) is 71.4 Å². The van der Waals surface area contributed by atoms with E-state index in [4.69, 9.17) is 16.3 Å². The van der Waals surface area contributed by atoms with Crippen LogP contribution in [0.4, 0.5) is 0 Å². The van der Waals surface area contributed by atoms with E-state index in [1.165, 1.54) is 26.6 Å². The van der Waals surface area contributed by atoms with E-state index in [0.29, 0.717) is 0 Å². The SMILES string of the molecule is CN1CCN(CCCOc2ccc(SNCCCc3c[nH]c4ccc(Cl)cc34)c3ccccc23)CC1. The van der Waals surface area contributed by atoms with Gasteiger partial charge in [0.1, 0.15) is 5.75 Å². The highest BCUT2D eigenvalue weighted by Gasteiger charge is 2.13. The van der Waals surface area contributed by atoms with Gasteiger partial charge in [0.2, 0.25) is 0 Å². The first kappa shape index (κ1) is 25.4. The minimum atomic E-state index is 0.750.